The molecule has 0 aromatic heterocycles. The summed E-state index contributed by atoms with van der Waals surface area (Å²) in [5.74, 6) is 0.107. The lowest BCUT2D eigenvalue weighted by Gasteiger charge is -2.07. The molecule has 0 aromatic rings. The second-order valence-electron chi connectivity index (χ2n) is 4.41. The van der Waals surface area contributed by atoms with Crippen molar-refractivity contribution in [1.82, 2.24) is 0 Å². The molecule has 0 aromatic carbocycles. The Bertz CT molecular complexity index is 211. The lowest BCUT2D eigenvalue weighted by Crippen LogP contribution is -2.06. The number of aliphatic hydroxyl groups excluding tert-OH is 1. The molecule has 1 unspecified atom stereocenters. The van der Waals surface area contributed by atoms with Crippen molar-refractivity contribution >= 4 is 5.97 Å². The zero-order chi connectivity index (χ0) is 12.4. The molecule has 0 spiro atoms. The fraction of sp³-hybridized carbons (Fsp3) is 0.769. The van der Waals surface area contributed by atoms with Crippen molar-refractivity contribution in [3.05, 3.63) is 12.2 Å². The van der Waals surface area contributed by atoms with Crippen molar-refractivity contribution in [3.8, 4) is 0 Å². The summed E-state index contributed by atoms with van der Waals surface area (Å²) in [5.41, 5.74) is 0.455. The van der Waals surface area contributed by atoms with Gasteiger partial charge in [-0.1, -0.05) is 32.8 Å². The highest BCUT2D eigenvalue weighted by Crippen LogP contribution is 2.09. The van der Waals surface area contributed by atoms with E-state index in [2.05, 4.69) is 13.5 Å². The van der Waals surface area contributed by atoms with Crippen LogP contribution in [0.3, 0.4) is 0 Å². The van der Waals surface area contributed by atoms with Crippen LogP contribution in [0.2, 0.25) is 0 Å². The van der Waals surface area contributed by atoms with Gasteiger partial charge in [-0.05, 0) is 25.7 Å². The van der Waals surface area contributed by atoms with Crippen molar-refractivity contribution in [2.75, 3.05) is 13.2 Å². The van der Waals surface area contributed by atoms with Crippen LogP contribution in [0, 0.1) is 5.92 Å². The van der Waals surface area contributed by atoms with Crippen LogP contribution >= 0.6 is 0 Å². The molecule has 3 heteroatoms. The molecule has 0 aliphatic heterocycles. The van der Waals surface area contributed by atoms with E-state index in [1.807, 2.05) is 0 Å². The largest absolute Gasteiger partial charge is 0.462 e. The first-order valence-corrected chi connectivity index (χ1v) is 6.01. The molecule has 0 bridgehead atoms. The molecule has 0 radical (unpaired) electrons. The van der Waals surface area contributed by atoms with Gasteiger partial charge in [0.25, 0.3) is 0 Å². The number of ether oxygens (including phenoxy) is 1. The monoisotopic (exact) mass is 228 g/mol. The molecule has 3 nitrogen and oxygen atoms in total. The summed E-state index contributed by atoms with van der Waals surface area (Å²) in [4.78, 5) is 11.0. The van der Waals surface area contributed by atoms with Crippen molar-refractivity contribution < 1.29 is 14.6 Å². The van der Waals surface area contributed by atoms with E-state index >= 15 is 0 Å². The Morgan fingerprint density at radius 1 is 1.31 bits per heavy atom. The highest BCUT2D eigenvalue weighted by Gasteiger charge is 2.02. The smallest absolute Gasteiger partial charge is 0.333 e. The summed E-state index contributed by atoms with van der Waals surface area (Å²) in [6.45, 7) is 7.98. The third-order valence-electron chi connectivity index (χ3n) is 2.48. The molecule has 1 N–H and O–H groups in total. The normalized spacial score (nSPS) is 12.2. The van der Waals surface area contributed by atoms with Gasteiger partial charge < -0.3 is 9.84 Å². The molecular weight excluding hydrogens is 204 g/mol. The number of esters is 1. The van der Waals surface area contributed by atoms with Gasteiger partial charge >= 0.3 is 5.97 Å². The predicted molar refractivity (Wildman–Crippen MR) is 65.1 cm³/mol. The van der Waals surface area contributed by atoms with Gasteiger partial charge in [-0.3, -0.25) is 0 Å². The second-order valence-corrected chi connectivity index (χ2v) is 4.41. The van der Waals surface area contributed by atoms with Crippen LogP contribution < -0.4 is 0 Å². The van der Waals surface area contributed by atoms with E-state index in [0.29, 0.717) is 18.1 Å². The van der Waals surface area contributed by atoms with E-state index in [-0.39, 0.29) is 12.6 Å². The van der Waals surface area contributed by atoms with Gasteiger partial charge in [0.1, 0.15) is 0 Å². The Labute approximate surface area is 98.5 Å². The minimum absolute atomic E-state index is 0.274. The molecule has 0 saturated carbocycles. The predicted octanol–water partition coefficient (Wildman–Crippen LogP) is 2.68. The van der Waals surface area contributed by atoms with Crippen LogP contribution in [0.5, 0.6) is 0 Å². The van der Waals surface area contributed by atoms with Gasteiger partial charge in [0.15, 0.2) is 0 Å². The molecule has 0 rings (SSSR count). The van der Waals surface area contributed by atoms with E-state index in [1.54, 1.807) is 6.92 Å². The molecule has 94 valence electrons. The van der Waals surface area contributed by atoms with E-state index in [1.165, 1.54) is 0 Å². The number of hydrogen-bond donors (Lipinski definition) is 1. The summed E-state index contributed by atoms with van der Waals surface area (Å²) >= 11 is 0. The van der Waals surface area contributed by atoms with Crippen LogP contribution in [-0.4, -0.2) is 24.3 Å². The number of unbranched alkanes of at least 4 members (excludes halogenated alkanes) is 3. The quantitative estimate of drug-likeness (QED) is 0.375. The summed E-state index contributed by atoms with van der Waals surface area (Å²) in [6, 6.07) is 0. The third kappa shape index (κ3) is 8.48. The molecule has 0 aliphatic carbocycles. The maximum atomic E-state index is 11.0. The lowest BCUT2D eigenvalue weighted by atomic mass is 10.0. The van der Waals surface area contributed by atoms with Crippen LogP contribution in [0.1, 0.15) is 46.0 Å². The van der Waals surface area contributed by atoms with Crippen LogP contribution in [0.15, 0.2) is 12.2 Å². The molecule has 0 heterocycles. The topological polar surface area (TPSA) is 46.5 Å². The molecule has 1 atom stereocenters. The maximum absolute atomic E-state index is 11.0. The first kappa shape index (κ1) is 15.2. The van der Waals surface area contributed by atoms with Gasteiger partial charge in [-0.15, -0.1) is 0 Å². The first-order valence-electron chi connectivity index (χ1n) is 6.01. The molecule has 16 heavy (non-hydrogen) atoms. The molecule has 0 aliphatic rings. The highest BCUT2D eigenvalue weighted by molar-refractivity contribution is 5.86. The van der Waals surface area contributed by atoms with Crippen LogP contribution in [0.4, 0.5) is 0 Å². The van der Waals surface area contributed by atoms with Crippen LogP contribution in [0.25, 0.3) is 0 Å². The summed E-state index contributed by atoms with van der Waals surface area (Å²) < 4.78 is 4.97. The summed E-state index contributed by atoms with van der Waals surface area (Å²) in [6.07, 6.45) is 5.32. The SMILES string of the molecule is C=C(C)C(=O)OCCCCCCC(C)CO. The zero-order valence-electron chi connectivity index (χ0n) is 10.5. The average molecular weight is 228 g/mol. The van der Waals surface area contributed by atoms with Crippen molar-refractivity contribution in [1.29, 1.82) is 0 Å². The number of carbonyl (C=O) groups is 1. The fourth-order valence-corrected chi connectivity index (χ4v) is 1.33. The van der Waals surface area contributed by atoms with Gasteiger partial charge in [-0.2, -0.15) is 0 Å². The zero-order valence-corrected chi connectivity index (χ0v) is 10.5. The third-order valence-corrected chi connectivity index (χ3v) is 2.48. The number of aliphatic hydroxyl groups is 1. The lowest BCUT2D eigenvalue weighted by molar-refractivity contribution is -0.139. The summed E-state index contributed by atoms with van der Waals surface area (Å²) in [5, 5.41) is 8.82. The first-order chi connectivity index (χ1) is 7.57. The van der Waals surface area contributed by atoms with Gasteiger partial charge in [0, 0.05) is 12.2 Å². The van der Waals surface area contributed by atoms with Crippen molar-refractivity contribution in [2.45, 2.75) is 46.0 Å². The Kier molecular flexibility index (Phi) is 8.91. The minimum atomic E-state index is -0.297. The second kappa shape index (κ2) is 9.40. The average Bonchev–Trinajstić information content (AvgIpc) is 2.26. The van der Waals surface area contributed by atoms with E-state index < -0.39 is 0 Å². The highest BCUT2D eigenvalue weighted by atomic mass is 16.5. The Morgan fingerprint density at radius 2 is 1.94 bits per heavy atom. The Morgan fingerprint density at radius 3 is 2.50 bits per heavy atom. The Hall–Kier alpha value is -0.830. The van der Waals surface area contributed by atoms with Crippen molar-refractivity contribution in [2.24, 2.45) is 5.92 Å². The standard InChI is InChI=1S/C13H24O3/c1-11(2)13(15)16-9-7-5-4-6-8-12(3)10-14/h12,14H,1,4-10H2,2-3H3. The molecule has 0 amide bonds. The van der Waals surface area contributed by atoms with Gasteiger partial charge in [-0.25, -0.2) is 4.79 Å². The molecule has 0 fully saturated rings. The fourth-order valence-electron chi connectivity index (χ4n) is 1.33. The van der Waals surface area contributed by atoms with E-state index in [4.69, 9.17) is 9.84 Å². The van der Waals surface area contributed by atoms with E-state index in [9.17, 15) is 4.79 Å². The van der Waals surface area contributed by atoms with E-state index in [0.717, 1.165) is 32.1 Å². The number of rotatable bonds is 9. The van der Waals surface area contributed by atoms with Gasteiger partial charge in [0.05, 0.1) is 6.61 Å². The van der Waals surface area contributed by atoms with Crippen molar-refractivity contribution in [3.63, 3.8) is 0 Å². The Balaban J connectivity index is 3.22. The molecule has 0 saturated heterocycles. The van der Waals surface area contributed by atoms with Crippen LogP contribution in [-0.2, 0) is 9.53 Å². The van der Waals surface area contributed by atoms with Gasteiger partial charge in [0.2, 0.25) is 0 Å². The number of hydrogen-bond acceptors (Lipinski definition) is 3. The molecular formula is C13H24O3. The summed E-state index contributed by atoms with van der Waals surface area (Å²) in [7, 11) is 0. The maximum Gasteiger partial charge on any atom is 0.333 e. The number of carbonyl (C=O) groups excluding carboxylic acids is 1. The minimum Gasteiger partial charge on any atom is -0.462 e.